The summed E-state index contributed by atoms with van der Waals surface area (Å²) in [6, 6.07) is 23.4. The average Bonchev–Trinajstić information content (AvgIpc) is 3.15. The van der Waals surface area contributed by atoms with Gasteiger partial charge in [-0.05, 0) is 57.3 Å². The van der Waals surface area contributed by atoms with Crippen LogP contribution in [0.1, 0.15) is 26.3 Å². The molecule has 0 spiro atoms. The summed E-state index contributed by atoms with van der Waals surface area (Å²) < 4.78 is 0. The van der Waals surface area contributed by atoms with Gasteiger partial charge in [-0.1, -0.05) is 74.3 Å². The molecule has 0 bridgehead atoms. The van der Waals surface area contributed by atoms with Crippen molar-refractivity contribution in [3.05, 3.63) is 88.4 Å². The van der Waals surface area contributed by atoms with Crippen LogP contribution in [0, 0.1) is 0 Å². The molecule has 0 fully saturated rings. The lowest BCUT2D eigenvalue weighted by Gasteiger charge is -2.18. The monoisotopic (exact) mass is 423 g/mol. The number of rotatable bonds is 3. The first-order valence-electron chi connectivity index (χ1n) is 9.34. The molecule has 0 saturated carbocycles. The molecule has 0 radical (unpaired) electrons. The Morgan fingerprint density at radius 2 is 1.55 bits per heavy atom. The topological polar surface area (TPSA) is 34.6 Å². The van der Waals surface area contributed by atoms with Crippen LogP contribution in [0.5, 0.6) is 0 Å². The molecule has 1 aromatic heterocycles. The Labute approximate surface area is 180 Å². The van der Waals surface area contributed by atoms with Crippen LogP contribution < -0.4 is 4.80 Å². The molecular weight excluding hydrogens is 403 g/mol. The molecule has 0 saturated heterocycles. The molecule has 3 aromatic carbocycles. The molecule has 0 aliphatic carbocycles. The van der Waals surface area contributed by atoms with Gasteiger partial charge in [0.2, 0.25) is 0 Å². The molecule has 4 rings (SSSR count). The predicted octanol–water partition coefficient (Wildman–Crippen LogP) is 5.82. The number of tetrazole rings is 1. The fourth-order valence-electron chi connectivity index (χ4n) is 3.04. The highest BCUT2D eigenvalue weighted by atomic mass is 35.5. The van der Waals surface area contributed by atoms with E-state index in [0.29, 0.717) is 21.6 Å². The van der Waals surface area contributed by atoms with Gasteiger partial charge in [0.1, 0.15) is 5.69 Å². The zero-order valence-electron chi connectivity index (χ0n) is 16.5. The van der Waals surface area contributed by atoms with Crippen LogP contribution in [-0.4, -0.2) is 15.0 Å². The summed E-state index contributed by atoms with van der Waals surface area (Å²) in [6.07, 6.45) is 0. The molecule has 0 aliphatic heterocycles. The molecule has 146 valence electrons. The fraction of sp³-hybridized carbons (Fsp3) is 0.174. The van der Waals surface area contributed by atoms with E-state index in [-0.39, 0.29) is 5.41 Å². The van der Waals surface area contributed by atoms with E-state index in [9.17, 15) is 0 Å². The van der Waals surface area contributed by atoms with E-state index >= 15 is 0 Å². The summed E-state index contributed by atoms with van der Waals surface area (Å²) in [7, 11) is 0. The van der Waals surface area contributed by atoms with E-state index in [1.54, 1.807) is 27.8 Å². The first-order valence-corrected chi connectivity index (χ1v) is 10.1. The van der Waals surface area contributed by atoms with Gasteiger partial charge in [0.25, 0.3) is 0 Å². The zero-order chi connectivity index (χ0) is 20.6. The van der Waals surface area contributed by atoms with Crippen molar-refractivity contribution in [2.75, 3.05) is 0 Å². The standard InChI is InChI=1S/C23H21Cl2N4/c1-23(2,3)17-11-9-16(10-12-17)22-26-28(19-7-5-4-6-8-19)29(27-22)21-15-18(24)13-14-20(21)25/h4-15H,1-3H3/q+1. The Bertz CT molecular complexity index is 1140. The maximum absolute atomic E-state index is 6.46. The summed E-state index contributed by atoms with van der Waals surface area (Å²) in [6.45, 7) is 6.58. The van der Waals surface area contributed by atoms with E-state index in [1.165, 1.54) is 5.56 Å². The number of benzene rings is 3. The third kappa shape index (κ3) is 4.04. The molecule has 6 heteroatoms. The van der Waals surface area contributed by atoms with Crippen molar-refractivity contribution in [1.82, 2.24) is 15.0 Å². The summed E-state index contributed by atoms with van der Waals surface area (Å²) in [4.78, 5) is 3.40. The quantitative estimate of drug-likeness (QED) is 0.389. The minimum Gasteiger partial charge on any atom is -0.0842 e. The predicted molar refractivity (Wildman–Crippen MR) is 117 cm³/mol. The third-order valence-corrected chi connectivity index (χ3v) is 5.23. The van der Waals surface area contributed by atoms with Gasteiger partial charge in [-0.2, -0.15) is 0 Å². The van der Waals surface area contributed by atoms with Crippen molar-refractivity contribution in [3.63, 3.8) is 0 Å². The summed E-state index contributed by atoms with van der Waals surface area (Å²) in [5, 5.41) is 10.6. The maximum atomic E-state index is 6.46. The summed E-state index contributed by atoms with van der Waals surface area (Å²) >= 11 is 12.7. The second-order valence-electron chi connectivity index (χ2n) is 7.86. The molecule has 0 aliphatic rings. The average molecular weight is 424 g/mol. The van der Waals surface area contributed by atoms with Crippen molar-refractivity contribution < 1.29 is 4.80 Å². The van der Waals surface area contributed by atoms with Gasteiger partial charge < -0.3 is 0 Å². The number of halogens is 2. The van der Waals surface area contributed by atoms with Gasteiger partial charge in [0, 0.05) is 15.9 Å². The van der Waals surface area contributed by atoms with Gasteiger partial charge in [0.05, 0.1) is 15.7 Å². The van der Waals surface area contributed by atoms with Crippen molar-refractivity contribution in [1.29, 1.82) is 0 Å². The summed E-state index contributed by atoms with van der Waals surface area (Å²) in [5.41, 5.74) is 3.81. The number of hydrogen-bond acceptors (Lipinski definition) is 2. The first-order chi connectivity index (χ1) is 13.8. The Hall–Kier alpha value is -2.69. The third-order valence-electron chi connectivity index (χ3n) is 4.68. The molecule has 4 nitrogen and oxygen atoms in total. The van der Waals surface area contributed by atoms with E-state index in [2.05, 4.69) is 45.0 Å². The summed E-state index contributed by atoms with van der Waals surface area (Å²) in [5.74, 6) is 0.602. The molecule has 0 amide bonds. The number of para-hydroxylation sites is 1. The minimum absolute atomic E-state index is 0.0869. The maximum Gasteiger partial charge on any atom is 0.340 e. The van der Waals surface area contributed by atoms with Crippen molar-refractivity contribution >= 4 is 23.2 Å². The van der Waals surface area contributed by atoms with Crippen LogP contribution in [0.2, 0.25) is 10.0 Å². The lowest BCUT2D eigenvalue weighted by atomic mass is 9.87. The first kappa shape index (κ1) is 19.6. The van der Waals surface area contributed by atoms with Crippen molar-refractivity contribution in [2.45, 2.75) is 26.2 Å². The van der Waals surface area contributed by atoms with Crippen molar-refractivity contribution in [3.8, 4) is 22.8 Å². The Morgan fingerprint density at radius 1 is 0.862 bits per heavy atom. The van der Waals surface area contributed by atoms with Crippen molar-refractivity contribution in [2.24, 2.45) is 0 Å². The Morgan fingerprint density at radius 3 is 2.21 bits per heavy atom. The van der Waals surface area contributed by atoms with Gasteiger partial charge in [0.15, 0.2) is 5.69 Å². The van der Waals surface area contributed by atoms with Crippen LogP contribution in [0.15, 0.2) is 72.8 Å². The normalized spacial score (nSPS) is 11.6. The molecule has 0 atom stereocenters. The van der Waals surface area contributed by atoms with E-state index < -0.39 is 0 Å². The molecule has 1 heterocycles. The number of hydrogen-bond donors (Lipinski definition) is 0. The van der Waals surface area contributed by atoms with Gasteiger partial charge in [-0.25, -0.2) is 0 Å². The SMILES string of the molecule is CC(C)(C)c1ccc(-c2nn(-c3ccccc3)[n+](-c3cc(Cl)ccc3Cl)n2)cc1. The van der Waals surface area contributed by atoms with E-state index in [0.717, 1.165) is 11.3 Å². The number of nitrogens with zero attached hydrogens (tertiary/aromatic N) is 4. The highest BCUT2D eigenvalue weighted by Crippen LogP contribution is 2.25. The Balaban J connectivity index is 1.87. The fourth-order valence-corrected chi connectivity index (χ4v) is 3.40. The van der Waals surface area contributed by atoms with Gasteiger partial charge in [-0.3, -0.25) is 0 Å². The van der Waals surface area contributed by atoms with Crippen LogP contribution >= 0.6 is 23.2 Å². The number of aromatic nitrogens is 4. The molecule has 0 N–H and O–H groups in total. The second-order valence-corrected chi connectivity index (χ2v) is 8.70. The largest absolute Gasteiger partial charge is 0.340 e. The van der Waals surface area contributed by atoms with Crippen LogP contribution in [0.3, 0.4) is 0 Å². The highest BCUT2D eigenvalue weighted by molar-refractivity contribution is 6.34. The molecule has 0 unspecified atom stereocenters. The lowest BCUT2D eigenvalue weighted by Crippen LogP contribution is -2.43. The van der Waals surface area contributed by atoms with E-state index in [1.807, 2.05) is 30.3 Å². The van der Waals surface area contributed by atoms with Crippen LogP contribution in [0.4, 0.5) is 0 Å². The zero-order valence-corrected chi connectivity index (χ0v) is 18.0. The van der Waals surface area contributed by atoms with Gasteiger partial charge in [-0.15, -0.1) is 0 Å². The minimum atomic E-state index is 0.0869. The highest BCUT2D eigenvalue weighted by Gasteiger charge is 2.25. The van der Waals surface area contributed by atoms with E-state index in [4.69, 9.17) is 33.4 Å². The van der Waals surface area contributed by atoms with Crippen LogP contribution in [-0.2, 0) is 5.41 Å². The smallest absolute Gasteiger partial charge is 0.0842 e. The van der Waals surface area contributed by atoms with Gasteiger partial charge >= 0.3 is 5.82 Å². The molecule has 29 heavy (non-hydrogen) atoms. The van der Waals surface area contributed by atoms with Crippen LogP contribution in [0.25, 0.3) is 22.8 Å². The molecular formula is C23H21Cl2N4+. The second kappa shape index (κ2) is 7.62. The Kier molecular flexibility index (Phi) is 5.15. The lowest BCUT2D eigenvalue weighted by molar-refractivity contribution is -0.734. The molecule has 4 aromatic rings.